The first kappa shape index (κ1) is 66.7. The number of aliphatic hydroxyl groups excluding tert-OH is 1. The monoisotopic (exact) mass is 986 g/mol. The van der Waals surface area contributed by atoms with Gasteiger partial charge in [0.2, 0.25) is 5.91 Å². The van der Waals surface area contributed by atoms with E-state index in [1.54, 1.807) is 6.08 Å². The first-order valence-electron chi connectivity index (χ1n) is 28.5. The van der Waals surface area contributed by atoms with Crippen molar-refractivity contribution in [2.24, 2.45) is 0 Å². The van der Waals surface area contributed by atoms with Crippen LogP contribution in [0.4, 0.5) is 0 Å². The number of nitrogens with zero attached hydrogens (tertiary/aromatic N) is 1. The first-order chi connectivity index (χ1) is 33.5. The van der Waals surface area contributed by atoms with Gasteiger partial charge in [-0.1, -0.05) is 247 Å². The molecule has 0 saturated heterocycles. The summed E-state index contributed by atoms with van der Waals surface area (Å²) in [7, 11) is 1.57. The lowest BCUT2D eigenvalue weighted by Crippen LogP contribution is -2.45. The molecule has 0 aromatic rings. The van der Waals surface area contributed by atoms with Crippen LogP contribution in [0.5, 0.6) is 0 Å². The van der Waals surface area contributed by atoms with Gasteiger partial charge in [-0.3, -0.25) is 13.8 Å². The number of hydrogen-bond donors (Lipinski definition) is 3. The van der Waals surface area contributed by atoms with Crippen molar-refractivity contribution in [1.29, 1.82) is 0 Å². The Morgan fingerprint density at radius 2 is 0.870 bits per heavy atom. The van der Waals surface area contributed by atoms with E-state index in [-0.39, 0.29) is 19.1 Å². The SMILES string of the molecule is CC/C=C\C/C=C\C/C=C\C/C=C\C/C=C\C/C=C\CCCCCCCCCCCCCCCCCCC(=O)NC(COP(=O)(O)OCC[N+](C)(C)C)C(O)/C=C/CCCCCCCCCCCC. The van der Waals surface area contributed by atoms with Crippen molar-refractivity contribution >= 4 is 13.7 Å². The number of amides is 1. The molecule has 0 spiro atoms. The summed E-state index contributed by atoms with van der Waals surface area (Å²) in [6, 6.07) is -0.848. The van der Waals surface area contributed by atoms with Crippen LogP contribution >= 0.6 is 7.82 Å². The fraction of sp³-hybridized carbons (Fsp3) is 0.750. The molecule has 0 aromatic heterocycles. The highest BCUT2D eigenvalue weighted by Crippen LogP contribution is 2.43. The Hall–Kier alpha value is -2.32. The van der Waals surface area contributed by atoms with Crippen molar-refractivity contribution in [2.45, 2.75) is 251 Å². The molecule has 0 aliphatic rings. The summed E-state index contributed by atoms with van der Waals surface area (Å²) < 4.78 is 23.6. The Balaban J connectivity index is 4.02. The van der Waals surface area contributed by atoms with Gasteiger partial charge < -0.3 is 19.8 Å². The Bertz CT molecular complexity index is 1400. The van der Waals surface area contributed by atoms with Crippen LogP contribution in [-0.4, -0.2) is 73.4 Å². The molecule has 0 aliphatic heterocycles. The molecule has 0 bridgehead atoms. The normalized spacial score (nSPS) is 14.6. The number of aliphatic hydroxyl groups is 1. The largest absolute Gasteiger partial charge is 0.472 e. The molecule has 9 heteroatoms. The minimum Gasteiger partial charge on any atom is -0.387 e. The number of unbranched alkanes of at least 4 members (excludes halogenated alkanes) is 26. The molecule has 3 atom stereocenters. The molecule has 0 aromatic carbocycles. The maximum atomic E-state index is 12.9. The fourth-order valence-corrected chi connectivity index (χ4v) is 8.66. The average Bonchev–Trinajstić information content (AvgIpc) is 3.31. The van der Waals surface area contributed by atoms with Crippen LogP contribution in [0.1, 0.15) is 239 Å². The van der Waals surface area contributed by atoms with Crippen LogP contribution in [0.2, 0.25) is 0 Å². The summed E-state index contributed by atoms with van der Waals surface area (Å²) in [4.78, 5) is 23.2. The van der Waals surface area contributed by atoms with Crippen molar-refractivity contribution < 1.29 is 32.9 Å². The zero-order chi connectivity index (χ0) is 50.6. The Kier molecular flexibility index (Phi) is 48.9. The third-order valence-corrected chi connectivity index (χ3v) is 13.4. The van der Waals surface area contributed by atoms with Crippen LogP contribution in [0.3, 0.4) is 0 Å². The molecule has 400 valence electrons. The van der Waals surface area contributed by atoms with E-state index in [1.807, 2.05) is 27.2 Å². The number of allylic oxidation sites excluding steroid dienone is 13. The van der Waals surface area contributed by atoms with Gasteiger partial charge >= 0.3 is 7.82 Å². The molecule has 3 unspecified atom stereocenters. The van der Waals surface area contributed by atoms with Crippen LogP contribution < -0.4 is 5.32 Å². The molecule has 0 radical (unpaired) electrons. The highest BCUT2D eigenvalue weighted by Gasteiger charge is 2.27. The molecular weight excluding hydrogens is 876 g/mol. The Morgan fingerprint density at radius 3 is 1.28 bits per heavy atom. The molecule has 0 rings (SSSR count). The van der Waals surface area contributed by atoms with Crippen molar-refractivity contribution in [3.05, 3.63) is 85.1 Å². The highest BCUT2D eigenvalue weighted by molar-refractivity contribution is 7.47. The number of phosphoric acid groups is 1. The Morgan fingerprint density at radius 1 is 0.507 bits per heavy atom. The van der Waals surface area contributed by atoms with E-state index in [9.17, 15) is 19.4 Å². The van der Waals surface area contributed by atoms with Crippen molar-refractivity contribution in [3.8, 4) is 0 Å². The van der Waals surface area contributed by atoms with E-state index < -0.39 is 20.0 Å². The molecule has 8 nitrogen and oxygen atoms in total. The lowest BCUT2D eigenvalue weighted by Gasteiger charge is -2.25. The summed E-state index contributed by atoms with van der Waals surface area (Å²) in [6.45, 7) is 4.69. The highest BCUT2D eigenvalue weighted by atomic mass is 31.2. The van der Waals surface area contributed by atoms with Crippen LogP contribution in [0.25, 0.3) is 0 Å². The van der Waals surface area contributed by atoms with Crippen molar-refractivity contribution in [1.82, 2.24) is 5.32 Å². The molecule has 1 amide bonds. The molecular formula is C60H110N2O6P+. The summed E-state index contributed by atoms with van der Waals surface area (Å²) in [6.07, 6.45) is 71.2. The van der Waals surface area contributed by atoms with E-state index in [0.29, 0.717) is 17.4 Å². The predicted octanol–water partition coefficient (Wildman–Crippen LogP) is 17.3. The molecule has 0 aliphatic carbocycles. The average molecular weight is 987 g/mol. The number of carbonyl (C=O) groups is 1. The second-order valence-corrected chi connectivity index (χ2v) is 21.7. The smallest absolute Gasteiger partial charge is 0.387 e. The molecule has 0 fully saturated rings. The number of carbonyl (C=O) groups excluding carboxylic acids is 1. The minimum absolute atomic E-state index is 0.0596. The van der Waals surface area contributed by atoms with Gasteiger partial charge in [-0.2, -0.15) is 0 Å². The van der Waals surface area contributed by atoms with E-state index in [1.165, 1.54) is 141 Å². The number of quaternary nitrogens is 1. The lowest BCUT2D eigenvalue weighted by molar-refractivity contribution is -0.870. The lowest BCUT2D eigenvalue weighted by atomic mass is 10.0. The van der Waals surface area contributed by atoms with Gasteiger partial charge in [-0.05, 0) is 70.6 Å². The van der Waals surface area contributed by atoms with E-state index >= 15 is 0 Å². The predicted molar refractivity (Wildman–Crippen MR) is 299 cm³/mol. The summed E-state index contributed by atoms with van der Waals surface area (Å²) in [5.74, 6) is -0.179. The number of rotatable bonds is 51. The second-order valence-electron chi connectivity index (χ2n) is 20.3. The van der Waals surface area contributed by atoms with Crippen LogP contribution in [-0.2, 0) is 18.4 Å². The summed E-state index contributed by atoms with van der Waals surface area (Å²) in [5, 5.41) is 13.9. The van der Waals surface area contributed by atoms with Crippen molar-refractivity contribution in [3.63, 3.8) is 0 Å². The number of hydrogen-bond acceptors (Lipinski definition) is 5. The maximum Gasteiger partial charge on any atom is 0.472 e. The number of nitrogens with one attached hydrogen (secondary N) is 1. The summed E-state index contributed by atoms with van der Waals surface area (Å²) in [5.41, 5.74) is 0. The van der Waals surface area contributed by atoms with Crippen molar-refractivity contribution in [2.75, 3.05) is 40.9 Å². The van der Waals surface area contributed by atoms with E-state index in [4.69, 9.17) is 9.05 Å². The van der Waals surface area contributed by atoms with E-state index in [0.717, 1.165) is 77.0 Å². The third kappa shape index (κ3) is 53.3. The summed E-state index contributed by atoms with van der Waals surface area (Å²) >= 11 is 0. The topological polar surface area (TPSA) is 105 Å². The Labute approximate surface area is 426 Å². The van der Waals surface area contributed by atoms with Crippen LogP contribution in [0, 0.1) is 0 Å². The fourth-order valence-electron chi connectivity index (χ4n) is 7.93. The second kappa shape index (κ2) is 50.6. The van der Waals surface area contributed by atoms with Gasteiger partial charge in [-0.25, -0.2) is 4.57 Å². The standard InChI is InChI=1S/C60H109N2O6P/c1-6-8-10-12-14-16-18-20-21-22-23-24-25-26-27-28-29-30-31-32-33-34-35-36-37-38-39-40-41-42-44-46-48-50-52-54-60(64)61-58(57-68-69(65,66)67-56-55-62(3,4)5)59(63)53-51-49-47-45-43-19-17-15-13-11-9-7-2/h8,10,14,16,20-21,23-24,26-27,29-30,51,53,58-59,63H,6-7,9,11-13,15,17-19,22,25,28,31-50,52,54-57H2,1-5H3,(H-,61,64,65,66)/p+1/b10-8-,16-14-,21-20-,24-23-,27-26-,30-29-,53-51+. The van der Waals surface area contributed by atoms with Gasteiger partial charge in [0.15, 0.2) is 0 Å². The van der Waals surface area contributed by atoms with Gasteiger partial charge in [-0.15, -0.1) is 0 Å². The first-order valence-corrected chi connectivity index (χ1v) is 30.0. The number of likely N-dealkylation sites (N-methyl/N-ethyl adjacent to an activating group) is 1. The maximum absolute atomic E-state index is 12.9. The molecule has 0 saturated carbocycles. The quantitative estimate of drug-likeness (QED) is 0.0243. The number of phosphoric ester groups is 1. The zero-order valence-electron chi connectivity index (χ0n) is 45.5. The minimum atomic E-state index is -4.34. The van der Waals surface area contributed by atoms with Gasteiger partial charge in [0, 0.05) is 6.42 Å². The van der Waals surface area contributed by atoms with Gasteiger partial charge in [0.1, 0.15) is 13.2 Å². The van der Waals surface area contributed by atoms with Gasteiger partial charge in [0.25, 0.3) is 0 Å². The van der Waals surface area contributed by atoms with Crippen LogP contribution in [0.15, 0.2) is 85.1 Å². The zero-order valence-corrected chi connectivity index (χ0v) is 46.4. The third-order valence-electron chi connectivity index (χ3n) is 12.4. The molecule has 69 heavy (non-hydrogen) atoms. The van der Waals surface area contributed by atoms with Gasteiger partial charge in [0.05, 0.1) is 39.9 Å². The molecule has 0 heterocycles. The van der Waals surface area contributed by atoms with E-state index in [2.05, 4.69) is 92.1 Å². The molecule has 3 N–H and O–H groups in total.